The second kappa shape index (κ2) is 4.80. The Morgan fingerprint density at radius 2 is 2.25 bits per heavy atom. The molecule has 0 bridgehead atoms. The number of amides is 1. The third kappa shape index (κ3) is 1.91. The third-order valence-corrected chi connectivity index (χ3v) is 4.41. The lowest BCUT2D eigenvalue weighted by Crippen LogP contribution is -2.51. The summed E-state index contributed by atoms with van der Waals surface area (Å²) in [5.74, 6) is 0.250. The highest BCUT2D eigenvalue weighted by Gasteiger charge is 2.39. The van der Waals surface area contributed by atoms with Gasteiger partial charge in [0.25, 0.3) is 0 Å². The lowest BCUT2D eigenvalue weighted by Gasteiger charge is -2.41. The SMILES string of the molecule is O=C(C1CNNC1)N1CC[C@@H]2OCc3cnnn3[C@@H]2C1. The summed E-state index contributed by atoms with van der Waals surface area (Å²) in [5.41, 5.74) is 7.01. The number of aromatic nitrogens is 3. The van der Waals surface area contributed by atoms with Gasteiger partial charge in [-0.25, -0.2) is 4.68 Å². The van der Waals surface area contributed by atoms with Gasteiger partial charge in [-0.05, 0) is 6.42 Å². The molecule has 0 aromatic carbocycles. The average Bonchev–Trinajstić information content (AvgIpc) is 3.16. The number of nitrogens with one attached hydrogen (secondary N) is 2. The molecule has 2 N–H and O–H groups in total. The molecule has 2 fully saturated rings. The molecule has 8 heteroatoms. The zero-order valence-electron chi connectivity index (χ0n) is 11.2. The molecule has 3 aliphatic rings. The Morgan fingerprint density at radius 1 is 1.40 bits per heavy atom. The van der Waals surface area contributed by atoms with Gasteiger partial charge in [-0.15, -0.1) is 5.10 Å². The molecule has 1 aromatic heterocycles. The Labute approximate surface area is 116 Å². The molecular weight excluding hydrogens is 260 g/mol. The summed E-state index contributed by atoms with van der Waals surface area (Å²) in [6.45, 7) is 3.40. The van der Waals surface area contributed by atoms with Crippen LogP contribution < -0.4 is 10.9 Å². The minimum absolute atomic E-state index is 0.0336. The van der Waals surface area contributed by atoms with E-state index in [0.717, 1.165) is 18.7 Å². The Bertz CT molecular complexity index is 512. The van der Waals surface area contributed by atoms with E-state index in [1.807, 2.05) is 9.58 Å². The molecule has 1 aromatic rings. The van der Waals surface area contributed by atoms with Crippen molar-refractivity contribution in [2.45, 2.75) is 25.2 Å². The number of hydrogen-bond donors (Lipinski definition) is 2. The average molecular weight is 278 g/mol. The van der Waals surface area contributed by atoms with Crippen LogP contribution in [0, 0.1) is 5.92 Å². The molecule has 0 spiro atoms. The maximum Gasteiger partial charge on any atom is 0.228 e. The predicted octanol–water partition coefficient (Wildman–Crippen LogP) is -1.33. The van der Waals surface area contributed by atoms with Crippen molar-refractivity contribution in [1.29, 1.82) is 0 Å². The van der Waals surface area contributed by atoms with Crippen LogP contribution in [0.4, 0.5) is 0 Å². The minimum atomic E-state index is 0.0336. The summed E-state index contributed by atoms with van der Waals surface area (Å²) in [5, 5.41) is 8.11. The molecule has 0 aliphatic carbocycles. The van der Waals surface area contributed by atoms with Gasteiger partial charge in [0.2, 0.25) is 5.91 Å². The number of ether oxygens (including phenoxy) is 1. The molecule has 4 rings (SSSR count). The number of nitrogens with zero attached hydrogens (tertiary/aromatic N) is 4. The summed E-state index contributed by atoms with van der Waals surface area (Å²) >= 11 is 0. The largest absolute Gasteiger partial charge is 0.370 e. The summed E-state index contributed by atoms with van der Waals surface area (Å²) < 4.78 is 7.79. The van der Waals surface area contributed by atoms with Crippen LogP contribution in [0.15, 0.2) is 6.20 Å². The molecule has 108 valence electrons. The molecule has 3 aliphatic heterocycles. The summed E-state index contributed by atoms with van der Waals surface area (Å²) in [4.78, 5) is 14.4. The first-order valence-corrected chi connectivity index (χ1v) is 7.08. The van der Waals surface area contributed by atoms with E-state index in [1.165, 1.54) is 0 Å². The number of carbonyl (C=O) groups is 1. The minimum Gasteiger partial charge on any atom is -0.370 e. The fourth-order valence-corrected chi connectivity index (χ4v) is 3.28. The molecule has 0 saturated carbocycles. The lowest BCUT2D eigenvalue weighted by molar-refractivity contribution is -0.141. The van der Waals surface area contributed by atoms with Crippen LogP contribution in [0.2, 0.25) is 0 Å². The molecule has 4 heterocycles. The number of fused-ring (bicyclic) bond motifs is 3. The maximum atomic E-state index is 12.5. The summed E-state index contributed by atoms with van der Waals surface area (Å²) in [7, 11) is 0. The highest BCUT2D eigenvalue weighted by Crippen LogP contribution is 2.30. The van der Waals surface area contributed by atoms with Crippen molar-refractivity contribution >= 4 is 5.91 Å². The Balaban J connectivity index is 1.52. The van der Waals surface area contributed by atoms with Crippen LogP contribution >= 0.6 is 0 Å². The summed E-state index contributed by atoms with van der Waals surface area (Å²) in [6, 6.07) is 0.0984. The van der Waals surface area contributed by atoms with Crippen LogP contribution in [0.25, 0.3) is 0 Å². The molecule has 1 amide bonds. The van der Waals surface area contributed by atoms with Gasteiger partial charge in [0.15, 0.2) is 0 Å². The van der Waals surface area contributed by atoms with E-state index in [9.17, 15) is 4.79 Å². The first-order valence-electron chi connectivity index (χ1n) is 7.08. The van der Waals surface area contributed by atoms with E-state index < -0.39 is 0 Å². The van der Waals surface area contributed by atoms with Crippen molar-refractivity contribution in [2.75, 3.05) is 26.2 Å². The zero-order chi connectivity index (χ0) is 13.5. The van der Waals surface area contributed by atoms with Crippen molar-refractivity contribution in [3.8, 4) is 0 Å². The number of rotatable bonds is 1. The normalized spacial score (nSPS) is 30.1. The van der Waals surface area contributed by atoms with Gasteiger partial charge < -0.3 is 9.64 Å². The number of piperidine rings is 1. The second-order valence-electron chi connectivity index (χ2n) is 5.62. The van der Waals surface area contributed by atoms with Gasteiger partial charge in [0, 0.05) is 26.2 Å². The van der Waals surface area contributed by atoms with Crippen LogP contribution in [0.3, 0.4) is 0 Å². The van der Waals surface area contributed by atoms with Crippen molar-refractivity contribution < 1.29 is 9.53 Å². The van der Waals surface area contributed by atoms with E-state index in [2.05, 4.69) is 21.2 Å². The molecule has 8 nitrogen and oxygen atoms in total. The van der Waals surface area contributed by atoms with Gasteiger partial charge >= 0.3 is 0 Å². The summed E-state index contributed by atoms with van der Waals surface area (Å²) in [6.07, 6.45) is 2.75. The van der Waals surface area contributed by atoms with Gasteiger partial charge in [-0.1, -0.05) is 5.21 Å². The third-order valence-electron chi connectivity index (χ3n) is 4.41. The Kier molecular flexibility index (Phi) is 2.94. The fourth-order valence-electron chi connectivity index (χ4n) is 3.28. The highest BCUT2D eigenvalue weighted by molar-refractivity contribution is 5.79. The standard InChI is InChI=1S/C12H18N6O2/c19-12(8-3-13-14-4-8)17-2-1-11-10(6-17)18-9(7-20-11)5-15-16-18/h5,8,10-11,13-14H,1-4,6-7H2/t10-,11+/m1/s1. The molecule has 2 atom stereocenters. The van der Waals surface area contributed by atoms with Crippen molar-refractivity contribution in [3.05, 3.63) is 11.9 Å². The van der Waals surface area contributed by atoms with Gasteiger partial charge in [-0.2, -0.15) is 0 Å². The van der Waals surface area contributed by atoms with Gasteiger partial charge in [0.1, 0.15) is 0 Å². The van der Waals surface area contributed by atoms with Crippen LogP contribution in [0.1, 0.15) is 18.2 Å². The fraction of sp³-hybridized carbons (Fsp3) is 0.750. The number of carbonyl (C=O) groups excluding carboxylic acids is 1. The maximum absolute atomic E-state index is 12.5. The highest BCUT2D eigenvalue weighted by atomic mass is 16.5. The molecule has 2 saturated heterocycles. The smallest absolute Gasteiger partial charge is 0.228 e. The predicted molar refractivity (Wildman–Crippen MR) is 68.3 cm³/mol. The van der Waals surface area contributed by atoms with E-state index in [4.69, 9.17) is 4.74 Å². The second-order valence-corrected chi connectivity index (χ2v) is 5.62. The van der Waals surface area contributed by atoms with Crippen LogP contribution in [0.5, 0.6) is 0 Å². The first kappa shape index (κ1) is 12.2. The quantitative estimate of drug-likeness (QED) is 0.662. The van der Waals surface area contributed by atoms with Crippen molar-refractivity contribution in [1.82, 2.24) is 30.7 Å². The number of hydrazine groups is 1. The number of hydrogen-bond acceptors (Lipinski definition) is 6. The van der Waals surface area contributed by atoms with E-state index >= 15 is 0 Å². The van der Waals surface area contributed by atoms with E-state index in [-0.39, 0.29) is 24.0 Å². The van der Waals surface area contributed by atoms with Crippen LogP contribution in [-0.2, 0) is 16.1 Å². The van der Waals surface area contributed by atoms with E-state index in [1.54, 1.807) is 6.20 Å². The monoisotopic (exact) mass is 278 g/mol. The van der Waals surface area contributed by atoms with Crippen molar-refractivity contribution in [2.24, 2.45) is 5.92 Å². The van der Waals surface area contributed by atoms with Crippen LogP contribution in [-0.4, -0.2) is 58.1 Å². The van der Waals surface area contributed by atoms with Gasteiger partial charge in [-0.3, -0.25) is 15.6 Å². The Morgan fingerprint density at radius 3 is 3.10 bits per heavy atom. The molecule has 0 unspecified atom stereocenters. The Hall–Kier alpha value is -1.51. The lowest BCUT2D eigenvalue weighted by atomic mass is 9.98. The van der Waals surface area contributed by atoms with Gasteiger partial charge in [0.05, 0.1) is 36.6 Å². The van der Waals surface area contributed by atoms with Crippen molar-refractivity contribution in [3.63, 3.8) is 0 Å². The zero-order valence-corrected chi connectivity index (χ0v) is 11.2. The molecular formula is C12H18N6O2. The molecule has 0 radical (unpaired) electrons. The topological polar surface area (TPSA) is 84.3 Å². The van der Waals surface area contributed by atoms with E-state index in [0.29, 0.717) is 26.2 Å². The first-order chi connectivity index (χ1) is 9.83. The number of likely N-dealkylation sites (tertiary alicyclic amines) is 1. The molecule has 20 heavy (non-hydrogen) atoms.